The van der Waals surface area contributed by atoms with Crippen molar-refractivity contribution in [2.75, 3.05) is 52.0 Å². The second-order valence-electron chi connectivity index (χ2n) is 8.23. The number of hydrogen-bond donors (Lipinski definition) is 2. The van der Waals surface area contributed by atoms with Crippen molar-refractivity contribution >= 4 is 57.4 Å². The molecule has 2 atom stereocenters. The lowest BCUT2D eigenvalue weighted by Crippen LogP contribution is -2.48. The van der Waals surface area contributed by atoms with Crippen LogP contribution in [0.4, 0.5) is 8.78 Å². The fourth-order valence-electron chi connectivity index (χ4n) is 3.58. The van der Waals surface area contributed by atoms with Crippen LogP contribution in [-0.4, -0.2) is 97.6 Å². The Bertz CT molecular complexity index is 1040. The number of aldehydes is 2. The van der Waals surface area contributed by atoms with Crippen molar-refractivity contribution in [1.29, 1.82) is 0 Å². The minimum absolute atomic E-state index is 0.191. The van der Waals surface area contributed by atoms with Gasteiger partial charge in [-0.1, -0.05) is 22.0 Å². The number of aliphatic imine (C=N–C) groups is 1. The molecule has 0 spiro atoms. The quantitative estimate of drug-likeness (QED) is 0.298. The second-order valence-corrected chi connectivity index (χ2v) is 11.1. The van der Waals surface area contributed by atoms with Crippen LogP contribution in [0.15, 0.2) is 56.6 Å². The van der Waals surface area contributed by atoms with Crippen molar-refractivity contribution in [3.05, 3.63) is 62.4 Å². The van der Waals surface area contributed by atoms with Crippen LogP contribution in [0.5, 0.6) is 0 Å². The highest BCUT2D eigenvalue weighted by molar-refractivity contribution is 9.10. The van der Waals surface area contributed by atoms with Crippen molar-refractivity contribution in [2.45, 2.75) is 32.0 Å². The topological polar surface area (TPSA) is 104 Å². The molecule has 0 aliphatic carbocycles. The normalized spacial score (nSPS) is 18.4. The van der Waals surface area contributed by atoms with E-state index in [1.54, 1.807) is 37.2 Å². The lowest BCUT2D eigenvalue weighted by Gasteiger charge is -2.38. The van der Waals surface area contributed by atoms with E-state index in [0.29, 0.717) is 43.2 Å². The van der Waals surface area contributed by atoms with Crippen LogP contribution in [0.25, 0.3) is 0 Å². The minimum atomic E-state index is -0.863. The third kappa shape index (κ3) is 13.6. The van der Waals surface area contributed by atoms with E-state index < -0.39 is 6.17 Å². The number of carbonyl (C=O) groups is 2. The summed E-state index contributed by atoms with van der Waals surface area (Å²) in [5.41, 5.74) is 1.35. The number of aliphatic hydroxyl groups is 1. The highest BCUT2D eigenvalue weighted by Gasteiger charge is 2.30. The lowest BCUT2D eigenvalue weighted by atomic mass is 10.0. The van der Waals surface area contributed by atoms with Crippen LogP contribution in [0, 0.1) is 5.82 Å². The molecule has 8 nitrogen and oxygen atoms in total. The molecule has 2 aromatic rings. The monoisotopic (exact) mass is 662 g/mol. The average Bonchev–Trinajstić information content (AvgIpc) is 3.51. The summed E-state index contributed by atoms with van der Waals surface area (Å²) in [5, 5.41) is 12.9. The molecule has 2 aliphatic heterocycles. The summed E-state index contributed by atoms with van der Waals surface area (Å²) in [6.45, 7) is 3.89. The number of thioether (sulfide) groups is 1. The van der Waals surface area contributed by atoms with Gasteiger partial charge in [0.1, 0.15) is 24.6 Å². The van der Waals surface area contributed by atoms with E-state index >= 15 is 0 Å². The number of rotatable bonds is 9. The first kappa shape index (κ1) is 36.0. The molecular weight excluding hydrogens is 626 g/mol. The first-order valence-corrected chi connectivity index (χ1v) is 15.4. The molecule has 0 saturated carbocycles. The number of halogens is 3. The Kier molecular flexibility index (Phi) is 19.5. The van der Waals surface area contributed by atoms with Gasteiger partial charge in [-0.25, -0.2) is 13.8 Å². The van der Waals surface area contributed by atoms with E-state index in [1.807, 2.05) is 12.3 Å². The summed E-state index contributed by atoms with van der Waals surface area (Å²) in [5.74, 6) is 1.67. The second kappa shape index (κ2) is 21.7. The molecule has 222 valence electrons. The number of amidine groups is 1. The number of methoxy groups -OCH3 is 1. The van der Waals surface area contributed by atoms with Crippen molar-refractivity contribution in [1.82, 2.24) is 15.2 Å². The Morgan fingerprint density at radius 2 is 2.08 bits per heavy atom. The number of ether oxygens (including phenoxy) is 1. The van der Waals surface area contributed by atoms with Crippen molar-refractivity contribution < 1.29 is 28.2 Å². The van der Waals surface area contributed by atoms with E-state index in [2.05, 4.69) is 40.9 Å². The van der Waals surface area contributed by atoms with Gasteiger partial charge >= 0.3 is 0 Å². The van der Waals surface area contributed by atoms with Gasteiger partial charge in [-0.3, -0.25) is 14.7 Å². The molecule has 2 unspecified atom stereocenters. The first-order valence-electron chi connectivity index (χ1n) is 12.5. The molecule has 0 bridgehead atoms. The molecule has 1 fully saturated rings. The van der Waals surface area contributed by atoms with Crippen molar-refractivity contribution in [3.63, 3.8) is 0 Å². The number of piperidine rings is 1. The number of likely N-dealkylation sites (tertiary alicyclic amines) is 1. The summed E-state index contributed by atoms with van der Waals surface area (Å²) in [6, 6.07) is 6.45. The van der Waals surface area contributed by atoms with Gasteiger partial charge in [0.25, 0.3) is 0 Å². The van der Waals surface area contributed by atoms with Crippen molar-refractivity contribution in [3.8, 4) is 0 Å². The summed E-state index contributed by atoms with van der Waals surface area (Å²) in [7, 11) is 2.68. The Morgan fingerprint density at radius 3 is 2.62 bits per heavy atom. The fourth-order valence-corrected chi connectivity index (χ4v) is 5.43. The molecule has 1 saturated heterocycles. The first-order chi connectivity index (χ1) is 19.4. The van der Waals surface area contributed by atoms with E-state index in [0.717, 1.165) is 53.6 Å². The summed E-state index contributed by atoms with van der Waals surface area (Å²) >= 11 is 6.16. The van der Waals surface area contributed by atoms with Crippen molar-refractivity contribution in [2.24, 2.45) is 4.99 Å². The van der Waals surface area contributed by atoms with Crippen LogP contribution in [0.3, 0.4) is 0 Å². The Hall–Kier alpha value is -2.03. The van der Waals surface area contributed by atoms with Gasteiger partial charge < -0.3 is 20.0 Å². The van der Waals surface area contributed by atoms with E-state index in [4.69, 9.17) is 5.11 Å². The van der Waals surface area contributed by atoms with Gasteiger partial charge in [-0.15, -0.1) is 11.3 Å². The Balaban J connectivity index is 0.000000472. The summed E-state index contributed by atoms with van der Waals surface area (Å²) < 4.78 is 31.4. The number of alkyl halides is 1. The zero-order valence-corrected chi connectivity index (χ0v) is 26.1. The number of aliphatic hydroxyl groups excluding tert-OH is 1. The predicted molar refractivity (Wildman–Crippen MR) is 162 cm³/mol. The van der Waals surface area contributed by atoms with Gasteiger partial charge in [-0.2, -0.15) is 11.8 Å². The van der Waals surface area contributed by atoms with Crippen LogP contribution in [0.1, 0.15) is 24.8 Å². The maximum Gasteiger partial charge on any atom is 0.162 e. The fraction of sp³-hybridized carbons (Fsp3) is 0.481. The number of benzene rings is 1. The summed E-state index contributed by atoms with van der Waals surface area (Å²) in [6.07, 6.45) is 3.85. The molecule has 1 aromatic carbocycles. The van der Waals surface area contributed by atoms with E-state index in [9.17, 15) is 18.4 Å². The number of hydrogen-bond acceptors (Lipinski definition) is 10. The zero-order chi connectivity index (χ0) is 29.8. The molecule has 0 radical (unpaired) electrons. The highest BCUT2D eigenvalue weighted by atomic mass is 79.9. The molecular formula is C27H37BrF2N4O4S2. The molecule has 40 heavy (non-hydrogen) atoms. The Labute approximate surface area is 251 Å². The molecule has 3 heterocycles. The smallest absolute Gasteiger partial charge is 0.162 e. The predicted octanol–water partition coefficient (Wildman–Crippen LogP) is 4.53. The van der Waals surface area contributed by atoms with E-state index in [-0.39, 0.29) is 11.9 Å². The minimum Gasteiger partial charge on any atom is -0.400 e. The molecule has 13 heteroatoms. The van der Waals surface area contributed by atoms with E-state index in [1.165, 1.54) is 23.5 Å². The number of carbonyl (C=O) groups excluding carboxylic acids is 2. The average molecular weight is 664 g/mol. The maximum absolute atomic E-state index is 14.0. The standard InChI is InChI=1S/C17H21FN4O2S2.C6H4BrF.C3H8O.CH4O/c18-13-1-2-14(11-25-6-4-23)22(8-13)9-15-12(10-24)7-20-16(21-15)17-19-3-5-26-17;7-5-2-1-3-6(8)4-5;1-3-4-2;1-2/h3-5,10,13-14H,1-2,6-9,11H2,(H,20,21);1-4H;3H2,1-2H3;2H,1H3. The van der Waals surface area contributed by atoms with Gasteiger partial charge in [-0.05, 0) is 38.0 Å². The number of nitrogens with zero attached hydrogens (tertiary/aromatic N) is 3. The molecule has 2 aliphatic rings. The Morgan fingerprint density at radius 1 is 1.32 bits per heavy atom. The molecule has 1 aromatic heterocycles. The van der Waals surface area contributed by atoms with Crippen LogP contribution < -0.4 is 5.32 Å². The largest absolute Gasteiger partial charge is 0.400 e. The van der Waals surface area contributed by atoms with Gasteiger partial charge in [0, 0.05) is 78.8 Å². The molecule has 2 N–H and O–H groups in total. The third-order valence-corrected chi connectivity index (χ3v) is 7.80. The maximum atomic E-state index is 14.0. The lowest BCUT2D eigenvalue weighted by molar-refractivity contribution is -0.106. The number of thiazole rings is 1. The number of aromatic nitrogens is 1. The summed E-state index contributed by atoms with van der Waals surface area (Å²) in [4.78, 5) is 32.7. The number of nitrogens with one attached hydrogen (secondary N) is 1. The molecule has 0 amide bonds. The van der Waals surface area contributed by atoms with Gasteiger partial charge in [0.15, 0.2) is 10.8 Å². The van der Waals surface area contributed by atoms with Crippen LogP contribution in [0.2, 0.25) is 0 Å². The van der Waals surface area contributed by atoms with Gasteiger partial charge in [0.2, 0.25) is 0 Å². The third-order valence-electron chi connectivity index (χ3n) is 5.54. The zero-order valence-electron chi connectivity index (χ0n) is 22.9. The molecule has 4 rings (SSSR count). The SMILES string of the molecule is CCOC.CO.Fc1cccc(Br)c1.O=CCSCC1CCC(F)CN1CC1=C(C=O)CN=C(c2nccs2)N1. The van der Waals surface area contributed by atoms with Gasteiger partial charge in [0.05, 0.1) is 6.54 Å². The van der Waals surface area contributed by atoms with Crippen LogP contribution >= 0.6 is 39.0 Å². The highest BCUT2D eigenvalue weighted by Crippen LogP contribution is 2.24. The van der Waals surface area contributed by atoms with Crippen LogP contribution in [-0.2, 0) is 14.3 Å².